The summed E-state index contributed by atoms with van der Waals surface area (Å²) in [4.78, 5) is 33.1. The number of rotatable bonds is 7. The maximum absolute atomic E-state index is 13.8. The van der Waals surface area contributed by atoms with Crippen LogP contribution in [0.5, 0.6) is 5.75 Å². The molecule has 7 nitrogen and oxygen atoms in total. The Morgan fingerprint density at radius 1 is 1.18 bits per heavy atom. The van der Waals surface area contributed by atoms with Crippen molar-refractivity contribution in [2.45, 2.75) is 29.9 Å². The fraction of sp³-hybridized carbons (Fsp3) is 0.179. The van der Waals surface area contributed by atoms with Crippen molar-refractivity contribution in [2.75, 3.05) is 13.7 Å². The number of hydrogen-bond acceptors (Lipinski definition) is 8. The number of fused-ring (bicyclic) bond motifs is 1. The average molecular weight is 690 g/mol. The first kappa shape index (κ1) is 27.7. The highest BCUT2D eigenvalue weighted by Crippen LogP contribution is 2.37. The second-order valence-corrected chi connectivity index (χ2v) is 12.2. The highest BCUT2D eigenvalue weighted by molar-refractivity contribution is 9.10. The van der Waals surface area contributed by atoms with Crippen molar-refractivity contribution < 1.29 is 18.7 Å². The third-order valence-electron chi connectivity index (χ3n) is 5.91. The van der Waals surface area contributed by atoms with E-state index in [1.807, 2.05) is 48.5 Å². The summed E-state index contributed by atoms with van der Waals surface area (Å²) in [5, 5.41) is 0.682. The van der Waals surface area contributed by atoms with Gasteiger partial charge in [-0.15, -0.1) is 0 Å². The molecule has 0 bridgehead atoms. The molecule has 200 valence electrons. The Bertz CT molecular complexity index is 1770. The van der Waals surface area contributed by atoms with E-state index in [-0.39, 0.29) is 12.2 Å². The quantitative estimate of drug-likeness (QED) is 0.219. The molecule has 0 spiro atoms. The number of esters is 1. The molecule has 0 saturated heterocycles. The predicted octanol–water partition coefficient (Wildman–Crippen LogP) is 6.08. The van der Waals surface area contributed by atoms with E-state index >= 15 is 0 Å². The number of ether oxygens (including phenoxy) is 2. The second-order valence-electron chi connectivity index (χ2n) is 8.40. The zero-order chi connectivity index (χ0) is 27.7. The summed E-state index contributed by atoms with van der Waals surface area (Å²) < 4.78 is 20.3. The molecule has 5 rings (SSSR count). The lowest BCUT2D eigenvalue weighted by atomic mass is 9.96. The molecular formula is C28H22Br2N2O5S2. The summed E-state index contributed by atoms with van der Waals surface area (Å²) in [6.45, 7) is 3.70. The summed E-state index contributed by atoms with van der Waals surface area (Å²) in [5.74, 6) is 0.648. The van der Waals surface area contributed by atoms with Gasteiger partial charge in [0.05, 0.1) is 44.5 Å². The third kappa shape index (κ3) is 5.58. The predicted molar refractivity (Wildman–Crippen MR) is 158 cm³/mol. The van der Waals surface area contributed by atoms with Crippen LogP contribution in [0.25, 0.3) is 6.08 Å². The number of furan rings is 1. The Labute approximate surface area is 249 Å². The second kappa shape index (κ2) is 11.7. The van der Waals surface area contributed by atoms with Crippen molar-refractivity contribution in [3.8, 4) is 5.75 Å². The maximum atomic E-state index is 13.8. The standard InChI is InChI=1S/C28H22Br2N2O5S2/c1-4-36-26(34)23-15(2)31-28-32(24(23)16-10-11-21(35-3)19(29)12-16)25(33)22(39-28)14-17-13-20(30)27(37-17)38-18-8-6-5-7-9-18/h5-14,24H,4H2,1-3H3/b22-14+/t24-/m0/s1. The Hall–Kier alpha value is -2.86. The Kier molecular flexibility index (Phi) is 8.32. The molecule has 3 heterocycles. The Morgan fingerprint density at radius 3 is 2.64 bits per heavy atom. The summed E-state index contributed by atoms with van der Waals surface area (Å²) in [5.41, 5.74) is 1.25. The minimum Gasteiger partial charge on any atom is -0.496 e. The van der Waals surface area contributed by atoms with Gasteiger partial charge >= 0.3 is 5.97 Å². The SMILES string of the molecule is CCOC(=O)C1=C(C)N=c2s/c(=C/c3cc(Br)c(Sc4ccccc4)o3)c(=O)n2[C@H]1c1ccc(OC)c(Br)c1. The molecule has 2 aromatic carbocycles. The average Bonchev–Trinajstić information content (AvgIpc) is 3.41. The van der Waals surface area contributed by atoms with Crippen LogP contribution >= 0.6 is 55.0 Å². The van der Waals surface area contributed by atoms with Gasteiger partial charge in [-0.2, -0.15) is 0 Å². The van der Waals surface area contributed by atoms with E-state index < -0.39 is 12.0 Å². The number of halogens is 2. The third-order valence-corrected chi connectivity index (χ3v) is 9.36. The van der Waals surface area contributed by atoms with Crippen LogP contribution in [0, 0.1) is 0 Å². The molecular weight excluding hydrogens is 668 g/mol. The lowest BCUT2D eigenvalue weighted by Crippen LogP contribution is -2.39. The van der Waals surface area contributed by atoms with Gasteiger partial charge in [0.25, 0.3) is 5.56 Å². The Morgan fingerprint density at radius 2 is 1.95 bits per heavy atom. The molecule has 2 aromatic heterocycles. The van der Waals surface area contributed by atoms with Gasteiger partial charge in [-0.3, -0.25) is 9.36 Å². The molecule has 0 unspecified atom stereocenters. The van der Waals surface area contributed by atoms with Crippen molar-refractivity contribution in [1.82, 2.24) is 4.57 Å². The first-order valence-corrected chi connectivity index (χ1v) is 15.1. The largest absolute Gasteiger partial charge is 0.496 e. The van der Waals surface area contributed by atoms with Crippen LogP contribution < -0.4 is 19.6 Å². The number of carbonyl (C=O) groups excluding carboxylic acids is 1. The van der Waals surface area contributed by atoms with Crippen LogP contribution in [-0.2, 0) is 9.53 Å². The van der Waals surface area contributed by atoms with Gasteiger partial charge in [-0.1, -0.05) is 47.4 Å². The number of aromatic nitrogens is 1. The highest BCUT2D eigenvalue weighted by Gasteiger charge is 2.33. The molecule has 11 heteroatoms. The van der Waals surface area contributed by atoms with Crippen molar-refractivity contribution >= 4 is 67.0 Å². The molecule has 0 fully saturated rings. The lowest BCUT2D eigenvalue weighted by Gasteiger charge is -2.25. The number of allylic oxidation sites excluding steroid dienone is 1. The monoisotopic (exact) mass is 688 g/mol. The number of nitrogens with zero attached hydrogens (tertiary/aromatic N) is 2. The zero-order valence-corrected chi connectivity index (χ0v) is 25.9. The number of thiazole rings is 1. The van der Waals surface area contributed by atoms with Crippen molar-refractivity contribution in [3.05, 3.63) is 106 Å². The molecule has 0 amide bonds. The van der Waals surface area contributed by atoms with Crippen LogP contribution in [0.2, 0.25) is 0 Å². The van der Waals surface area contributed by atoms with Gasteiger partial charge in [0, 0.05) is 11.0 Å². The lowest BCUT2D eigenvalue weighted by molar-refractivity contribution is -0.139. The van der Waals surface area contributed by atoms with Gasteiger partial charge in [0.15, 0.2) is 9.89 Å². The summed E-state index contributed by atoms with van der Waals surface area (Å²) in [6.07, 6.45) is 1.70. The fourth-order valence-corrected chi connectivity index (χ4v) is 7.13. The zero-order valence-electron chi connectivity index (χ0n) is 21.1. The van der Waals surface area contributed by atoms with E-state index in [0.717, 1.165) is 14.9 Å². The minimum atomic E-state index is -0.725. The van der Waals surface area contributed by atoms with Gasteiger partial charge in [0.2, 0.25) is 0 Å². The molecule has 0 saturated carbocycles. The van der Waals surface area contributed by atoms with E-state index in [0.29, 0.717) is 41.7 Å². The molecule has 4 aromatic rings. The molecule has 1 aliphatic heterocycles. The van der Waals surface area contributed by atoms with Gasteiger partial charge in [-0.05, 0) is 81.6 Å². The van der Waals surface area contributed by atoms with Crippen molar-refractivity contribution in [3.63, 3.8) is 0 Å². The fourth-order valence-electron chi connectivity index (χ4n) is 4.19. The minimum absolute atomic E-state index is 0.204. The van der Waals surface area contributed by atoms with E-state index in [4.69, 9.17) is 13.9 Å². The Balaban J connectivity index is 1.62. The van der Waals surface area contributed by atoms with Crippen molar-refractivity contribution in [2.24, 2.45) is 4.99 Å². The highest BCUT2D eigenvalue weighted by atomic mass is 79.9. The van der Waals surface area contributed by atoms with E-state index in [1.54, 1.807) is 37.7 Å². The first-order valence-electron chi connectivity index (χ1n) is 11.9. The maximum Gasteiger partial charge on any atom is 0.338 e. The molecule has 39 heavy (non-hydrogen) atoms. The van der Waals surface area contributed by atoms with Crippen LogP contribution in [0.15, 0.2) is 99.0 Å². The molecule has 1 atom stereocenters. The van der Waals surface area contributed by atoms with Gasteiger partial charge < -0.3 is 13.9 Å². The van der Waals surface area contributed by atoms with Crippen LogP contribution in [0.1, 0.15) is 31.2 Å². The normalized spacial score (nSPS) is 15.2. The summed E-state index contributed by atoms with van der Waals surface area (Å²) >= 11 is 9.81. The van der Waals surface area contributed by atoms with Gasteiger partial charge in [0.1, 0.15) is 11.5 Å². The number of benzene rings is 2. The van der Waals surface area contributed by atoms with Crippen LogP contribution in [0.4, 0.5) is 0 Å². The topological polar surface area (TPSA) is 83.0 Å². The van der Waals surface area contributed by atoms with Crippen LogP contribution in [-0.4, -0.2) is 24.3 Å². The summed E-state index contributed by atoms with van der Waals surface area (Å²) in [6, 6.07) is 16.5. The summed E-state index contributed by atoms with van der Waals surface area (Å²) in [7, 11) is 1.58. The first-order chi connectivity index (χ1) is 18.8. The van der Waals surface area contributed by atoms with E-state index in [9.17, 15) is 9.59 Å². The number of hydrogen-bond donors (Lipinski definition) is 0. The molecule has 0 radical (unpaired) electrons. The van der Waals surface area contributed by atoms with E-state index in [2.05, 4.69) is 36.9 Å². The number of carbonyl (C=O) groups is 1. The van der Waals surface area contributed by atoms with Crippen molar-refractivity contribution in [1.29, 1.82) is 0 Å². The number of methoxy groups -OCH3 is 1. The molecule has 1 aliphatic rings. The molecule has 0 N–H and O–H groups in total. The van der Waals surface area contributed by atoms with Gasteiger partial charge in [-0.25, -0.2) is 9.79 Å². The van der Waals surface area contributed by atoms with E-state index in [1.165, 1.54) is 23.1 Å². The smallest absolute Gasteiger partial charge is 0.338 e. The van der Waals surface area contributed by atoms with Crippen LogP contribution in [0.3, 0.4) is 0 Å². The molecule has 0 aliphatic carbocycles.